The van der Waals surface area contributed by atoms with Crippen molar-refractivity contribution in [3.63, 3.8) is 0 Å². The Morgan fingerprint density at radius 1 is 0.978 bits per heavy atom. The molecule has 0 unspecified atom stereocenters. The minimum Gasteiger partial charge on any atom is -0.493 e. The Hall–Kier alpha value is -3.99. The number of cyclic esters (lactones) is 1. The molecule has 3 aromatic rings. The number of hydrogen-bond acceptors (Lipinski definition) is 9. The lowest BCUT2D eigenvalue weighted by atomic mass is 9.49. The normalized spacial score (nSPS) is 28.1. The second-order valence-corrected chi connectivity index (χ2v) is 14.5. The van der Waals surface area contributed by atoms with E-state index < -0.39 is 27.0 Å². The van der Waals surface area contributed by atoms with Crippen LogP contribution in [-0.4, -0.2) is 81.5 Å². The summed E-state index contributed by atoms with van der Waals surface area (Å²) >= 11 is 0. The lowest BCUT2D eigenvalue weighted by Gasteiger charge is -2.62. The fraction of sp³-hybridized carbons (Fsp3) is 0.371. The molecule has 2 aliphatic carbocycles. The summed E-state index contributed by atoms with van der Waals surface area (Å²) in [4.78, 5) is 27.2. The van der Waals surface area contributed by atoms with E-state index in [0.717, 1.165) is 41.6 Å². The summed E-state index contributed by atoms with van der Waals surface area (Å²) < 4.78 is 39.8. The van der Waals surface area contributed by atoms with Gasteiger partial charge < -0.3 is 24.2 Å². The Balaban J connectivity index is 0.000000145. The van der Waals surface area contributed by atoms with E-state index in [9.17, 15) is 23.1 Å². The van der Waals surface area contributed by atoms with Gasteiger partial charge in [0.1, 0.15) is 6.61 Å². The third-order valence-corrected chi connectivity index (χ3v) is 11.4. The van der Waals surface area contributed by atoms with Crippen LogP contribution in [0.1, 0.15) is 41.5 Å². The van der Waals surface area contributed by atoms with Gasteiger partial charge in [0.15, 0.2) is 33.2 Å². The second-order valence-electron chi connectivity index (χ2n) is 12.5. The van der Waals surface area contributed by atoms with Crippen LogP contribution in [0.3, 0.4) is 0 Å². The molecule has 2 fully saturated rings. The first-order valence-corrected chi connectivity index (χ1v) is 17.0. The number of ketones is 1. The Morgan fingerprint density at radius 2 is 1.71 bits per heavy atom. The molecule has 0 amide bonds. The first kappa shape index (κ1) is 29.7. The highest BCUT2D eigenvalue weighted by Gasteiger charge is 2.72. The van der Waals surface area contributed by atoms with Gasteiger partial charge in [-0.3, -0.25) is 4.79 Å². The number of sulfone groups is 1. The monoisotopic (exact) mass is 629 g/mol. The molecule has 0 aromatic heterocycles. The number of likely N-dealkylation sites (N-methyl/N-ethyl adjacent to an activating group) is 1. The van der Waals surface area contributed by atoms with Crippen LogP contribution < -0.4 is 9.47 Å². The minimum absolute atomic E-state index is 0.0438. The van der Waals surface area contributed by atoms with Crippen molar-refractivity contribution in [1.82, 2.24) is 4.90 Å². The topological polar surface area (TPSA) is 119 Å². The lowest BCUT2D eigenvalue weighted by Crippen LogP contribution is -2.76. The number of nitrogens with zero attached hydrogens (tertiary/aromatic N) is 1. The molecule has 8 rings (SSSR count). The van der Waals surface area contributed by atoms with Gasteiger partial charge in [0.25, 0.3) is 0 Å². The molecule has 0 radical (unpaired) electrons. The predicted octanol–water partition coefficient (Wildman–Crippen LogP) is 3.61. The third kappa shape index (κ3) is 4.37. The first-order chi connectivity index (χ1) is 21.5. The van der Waals surface area contributed by atoms with E-state index in [0.29, 0.717) is 29.9 Å². The Kier molecular flexibility index (Phi) is 6.96. The van der Waals surface area contributed by atoms with Crippen LogP contribution in [-0.2, 0) is 36.0 Å². The molecule has 10 heteroatoms. The SMILES string of the molecule is COc1ccc2c3c1O[C@H]1C(=O)CC[C@@]4(O)[C@@H](C2)N(C)CC[C@]314.CS(=O)(=O)c1ccc(C2=C(c3ccccc3)C(=O)OC2)cc1. The van der Waals surface area contributed by atoms with E-state index in [4.69, 9.17) is 14.2 Å². The maximum Gasteiger partial charge on any atom is 0.339 e. The van der Waals surface area contributed by atoms with Gasteiger partial charge in [0.2, 0.25) is 0 Å². The zero-order valence-corrected chi connectivity index (χ0v) is 26.2. The zero-order chi connectivity index (χ0) is 31.7. The Bertz CT molecular complexity index is 1850. The van der Waals surface area contributed by atoms with Crippen molar-refractivity contribution in [3.05, 3.63) is 89.0 Å². The van der Waals surface area contributed by atoms with Crippen LogP contribution in [0.25, 0.3) is 11.1 Å². The Labute approximate surface area is 262 Å². The van der Waals surface area contributed by atoms with Gasteiger partial charge in [-0.15, -0.1) is 0 Å². The maximum atomic E-state index is 12.7. The van der Waals surface area contributed by atoms with Gasteiger partial charge in [0.05, 0.1) is 28.6 Å². The number of aliphatic hydroxyl groups is 1. The van der Waals surface area contributed by atoms with Gasteiger partial charge in [-0.1, -0.05) is 48.5 Å². The van der Waals surface area contributed by atoms with Crippen LogP contribution in [0, 0.1) is 0 Å². The van der Waals surface area contributed by atoms with Crippen molar-refractivity contribution < 1.29 is 37.3 Å². The average molecular weight is 630 g/mol. The molecule has 234 valence electrons. The molecular formula is C35H35NO8S. The molecule has 3 heterocycles. The van der Waals surface area contributed by atoms with Crippen LogP contribution in [0.5, 0.6) is 11.5 Å². The van der Waals surface area contributed by atoms with E-state index >= 15 is 0 Å². The summed E-state index contributed by atoms with van der Waals surface area (Å²) in [6.07, 6.45) is 3.06. The summed E-state index contributed by atoms with van der Waals surface area (Å²) in [5.41, 5.74) is 3.63. The highest BCUT2D eigenvalue weighted by atomic mass is 32.2. The molecule has 5 aliphatic rings. The maximum absolute atomic E-state index is 12.7. The fourth-order valence-corrected chi connectivity index (χ4v) is 8.75. The number of benzene rings is 3. The molecule has 9 nitrogen and oxygen atoms in total. The summed E-state index contributed by atoms with van der Waals surface area (Å²) in [6, 6.07) is 19.9. The van der Waals surface area contributed by atoms with Crippen LogP contribution >= 0.6 is 0 Å². The van der Waals surface area contributed by atoms with Crippen molar-refractivity contribution in [2.45, 2.75) is 53.7 Å². The minimum atomic E-state index is -3.23. The molecular weight excluding hydrogens is 594 g/mol. The second kappa shape index (κ2) is 10.5. The van der Waals surface area contributed by atoms with Gasteiger partial charge in [-0.2, -0.15) is 0 Å². The Morgan fingerprint density at radius 3 is 2.40 bits per heavy atom. The van der Waals surface area contributed by atoms with Gasteiger partial charge in [-0.25, -0.2) is 13.2 Å². The van der Waals surface area contributed by atoms with Gasteiger partial charge in [-0.05, 0) is 67.7 Å². The summed E-state index contributed by atoms with van der Waals surface area (Å²) in [5.74, 6) is 1.12. The summed E-state index contributed by atoms with van der Waals surface area (Å²) in [5, 5.41) is 11.7. The molecule has 1 spiro atoms. The number of ether oxygens (including phenoxy) is 3. The molecule has 1 saturated carbocycles. The number of carbonyl (C=O) groups excluding carboxylic acids is 2. The summed E-state index contributed by atoms with van der Waals surface area (Å²) in [6.45, 7) is 1.07. The highest BCUT2D eigenvalue weighted by Crippen LogP contribution is 2.64. The fourth-order valence-electron chi connectivity index (χ4n) is 8.12. The van der Waals surface area contributed by atoms with Gasteiger partial charge >= 0.3 is 5.97 Å². The molecule has 3 aliphatic heterocycles. The zero-order valence-electron chi connectivity index (χ0n) is 25.4. The highest BCUT2D eigenvalue weighted by molar-refractivity contribution is 7.90. The lowest BCUT2D eigenvalue weighted by molar-refractivity contribution is -0.185. The average Bonchev–Trinajstić information content (AvgIpc) is 3.60. The number of piperidine rings is 1. The smallest absolute Gasteiger partial charge is 0.339 e. The van der Waals surface area contributed by atoms with Crippen molar-refractivity contribution in [3.8, 4) is 11.5 Å². The standard InChI is InChI=1S/C18H21NO4.C17H14O4S/c1-19-8-7-17-14-10-3-4-12(22-2)15(14)23-16(17)11(20)5-6-18(17,21)13(19)9-10;1-22(19,20)14-9-7-12(8-10-14)15-11-21-17(18)16(15)13-5-3-2-4-6-13/h3-4,13,16,21H,5-9H2,1-2H3;2-10H,11H2,1H3/t13-,16+,17+,18-;/m1./s1. The van der Waals surface area contributed by atoms with Crippen LogP contribution in [0.2, 0.25) is 0 Å². The number of Topliss-reactive ketones (excluding diaryl/α,β-unsaturated/α-hetero) is 1. The number of rotatable bonds is 4. The van der Waals surface area contributed by atoms with E-state index in [1.165, 1.54) is 11.8 Å². The molecule has 1 N–H and O–H groups in total. The molecule has 45 heavy (non-hydrogen) atoms. The van der Waals surface area contributed by atoms with Crippen molar-refractivity contribution in [2.75, 3.05) is 33.6 Å². The first-order valence-electron chi connectivity index (χ1n) is 15.1. The van der Waals surface area contributed by atoms with Crippen molar-refractivity contribution in [1.29, 1.82) is 0 Å². The number of esters is 1. The van der Waals surface area contributed by atoms with Crippen molar-refractivity contribution in [2.24, 2.45) is 0 Å². The van der Waals surface area contributed by atoms with E-state index in [2.05, 4.69) is 18.0 Å². The number of hydrogen-bond donors (Lipinski definition) is 1. The van der Waals surface area contributed by atoms with Crippen molar-refractivity contribution >= 4 is 32.7 Å². The predicted molar refractivity (Wildman–Crippen MR) is 167 cm³/mol. The van der Waals surface area contributed by atoms with Crippen LogP contribution in [0.4, 0.5) is 0 Å². The van der Waals surface area contributed by atoms with Crippen LogP contribution in [0.15, 0.2) is 71.6 Å². The number of likely N-dealkylation sites (tertiary alicyclic amines) is 1. The number of methoxy groups -OCH3 is 1. The largest absolute Gasteiger partial charge is 0.493 e. The quantitative estimate of drug-likeness (QED) is 0.432. The molecule has 3 aromatic carbocycles. The third-order valence-electron chi connectivity index (χ3n) is 10.3. The summed E-state index contributed by atoms with van der Waals surface area (Å²) in [7, 11) is 0.462. The van der Waals surface area contributed by atoms with E-state index in [-0.39, 0.29) is 29.3 Å². The molecule has 4 atom stereocenters. The van der Waals surface area contributed by atoms with E-state index in [1.54, 1.807) is 31.4 Å². The molecule has 2 bridgehead atoms. The molecule has 1 saturated heterocycles. The van der Waals surface area contributed by atoms with E-state index in [1.807, 2.05) is 36.4 Å². The number of carbonyl (C=O) groups is 2. The van der Waals surface area contributed by atoms with Gasteiger partial charge in [0, 0.05) is 29.9 Å².